The van der Waals surface area contributed by atoms with E-state index in [1.165, 1.54) is 0 Å². The summed E-state index contributed by atoms with van der Waals surface area (Å²) in [5.41, 5.74) is -0.0752. The van der Waals surface area contributed by atoms with Crippen LogP contribution in [-0.4, -0.2) is 10.6 Å². The molecule has 1 aliphatic carbocycles. The summed E-state index contributed by atoms with van der Waals surface area (Å²) in [5, 5.41) is 0. The molecule has 0 amide bonds. The Bertz CT molecular complexity index is 151. The predicted octanol–water partition coefficient (Wildman–Crippen LogP) is 1.99. The number of Topliss-reactive ketones (excluding diaryl/α,β-unsaturated/α-hetero) is 1. The summed E-state index contributed by atoms with van der Waals surface area (Å²) in [7, 11) is 0. The molecule has 52 valence electrons. The van der Waals surface area contributed by atoms with E-state index in [9.17, 15) is 4.79 Å². The number of hydrogen-bond acceptors (Lipinski definition) is 1. The van der Waals surface area contributed by atoms with Crippen molar-refractivity contribution in [3.8, 4) is 0 Å². The van der Waals surface area contributed by atoms with Gasteiger partial charge in [-0.15, -0.1) is 0 Å². The lowest BCUT2D eigenvalue weighted by Crippen LogP contribution is -2.53. The topological polar surface area (TPSA) is 17.1 Å². The van der Waals surface area contributed by atoms with Gasteiger partial charge < -0.3 is 0 Å². The number of rotatable bonds is 0. The summed E-state index contributed by atoms with van der Waals surface area (Å²) in [5.74, 6) is 0.833. The molecule has 0 bridgehead atoms. The van der Waals surface area contributed by atoms with Gasteiger partial charge in [0.15, 0.2) is 5.78 Å². The molecule has 0 aromatic rings. The van der Waals surface area contributed by atoms with Crippen molar-refractivity contribution >= 4 is 21.7 Å². The lowest BCUT2D eigenvalue weighted by Gasteiger charge is -2.44. The summed E-state index contributed by atoms with van der Waals surface area (Å²) in [6.07, 6.45) is 0. The Morgan fingerprint density at radius 1 is 1.56 bits per heavy atom. The van der Waals surface area contributed by atoms with Crippen LogP contribution in [0.3, 0.4) is 0 Å². The first kappa shape index (κ1) is 7.26. The molecule has 1 saturated carbocycles. The zero-order chi connectivity index (χ0) is 7.23. The summed E-state index contributed by atoms with van der Waals surface area (Å²) < 4.78 is 0. The minimum atomic E-state index is -0.0752. The summed E-state index contributed by atoms with van der Waals surface area (Å²) in [4.78, 5) is 11.2. The van der Waals surface area contributed by atoms with Gasteiger partial charge in [-0.3, -0.25) is 4.79 Å². The lowest BCUT2D eigenvalue weighted by atomic mass is 9.62. The van der Waals surface area contributed by atoms with Crippen LogP contribution in [0.4, 0.5) is 0 Å². The Kier molecular flexibility index (Phi) is 1.46. The van der Waals surface area contributed by atoms with Crippen LogP contribution in [0.15, 0.2) is 0 Å². The number of hydrogen-bond donors (Lipinski definition) is 0. The van der Waals surface area contributed by atoms with Gasteiger partial charge in [-0.25, -0.2) is 0 Å². The first-order valence-electron chi connectivity index (χ1n) is 3.16. The Morgan fingerprint density at radius 3 is 2.11 bits per heavy atom. The predicted molar refractivity (Wildman–Crippen MR) is 40.7 cm³/mol. The molecule has 2 heteroatoms. The standard InChI is InChI=1S/C7H11BrO/c1-4-5(8)6(9)7(4,2)3/h4-5H,1-3H3. The van der Waals surface area contributed by atoms with Gasteiger partial charge in [0.2, 0.25) is 0 Å². The van der Waals surface area contributed by atoms with E-state index in [4.69, 9.17) is 0 Å². The molecule has 0 radical (unpaired) electrons. The van der Waals surface area contributed by atoms with Crippen molar-refractivity contribution in [1.82, 2.24) is 0 Å². The Morgan fingerprint density at radius 2 is 2.00 bits per heavy atom. The van der Waals surface area contributed by atoms with E-state index in [1.54, 1.807) is 0 Å². The molecule has 9 heavy (non-hydrogen) atoms. The number of carbonyl (C=O) groups is 1. The highest BCUT2D eigenvalue weighted by atomic mass is 79.9. The highest BCUT2D eigenvalue weighted by Crippen LogP contribution is 2.45. The molecule has 0 heterocycles. The average molecular weight is 191 g/mol. The van der Waals surface area contributed by atoms with Crippen LogP contribution >= 0.6 is 15.9 Å². The fraction of sp³-hybridized carbons (Fsp3) is 0.857. The fourth-order valence-corrected chi connectivity index (χ4v) is 2.33. The van der Waals surface area contributed by atoms with E-state index in [0.717, 1.165) is 0 Å². The van der Waals surface area contributed by atoms with Crippen molar-refractivity contribution in [1.29, 1.82) is 0 Å². The molecule has 0 aromatic heterocycles. The molecule has 1 rings (SSSR count). The van der Waals surface area contributed by atoms with Gasteiger partial charge in [0.25, 0.3) is 0 Å². The Labute approximate surface area is 64.0 Å². The zero-order valence-electron chi connectivity index (χ0n) is 5.94. The van der Waals surface area contributed by atoms with Crippen LogP contribution in [0.25, 0.3) is 0 Å². The quantitative estimate of drug-likeness (QED) is 0.535. The molecular formula is C7H11BrO. The second-order valence-corrected chi connectivity index (χ2v) is 4.26. The molecule has 2 unspecified atom stereocenters. The van der Waals surface area contributed by atoms with Crippen LogP contribution in [0, 0.1) is 11.3 Å². The van der Waals surface area contributed by atoms with Gasteiger partial charge in [-0.2, -0.15) is 0 Å². The van der Waals surface area contributed by atoms with Crippen LogP contribution in [-0.2, 0) is 4.79 Å². The van der Waals surface area contributed by atoms with Gasteiger partial charge in [-0.1, -0.05) is 36.7 Å². The van der Waals surface area contributed by atoms with Crippen LogP contribution < -0.4 is 0 Å². The summed E-state index contributed by atoms with van der Waals surface area (Å²) in [6, 6.07) is 0. The van der Waals surface area contributed by atoms with E-state index in [1.807, 2.05) is 13.8 Å². The molecule has 0 aliphatic heterocycles. The molecule has 1 aliphatic rings. The average Bonchev–Trinajstić information content (AvgIpc) is 1.84. The second kappa shape index (κ2) is 1.82. The van der Waals surface area contributed by atoms with Crippen LogP contribution in [0.2, 0.25) is 0 Å². The lowest BCUT2D eigenvalue weighted by molar-refractivity contribution is -0.139. The fourth-order valence-electron chi connectivity index (χ4n) is 1.08. The highest BCUT2D eigenvalue weighted by Gasteiger charge is 2.51. The van der Waals surface area contributed by atoms with E-state index in [-0.39, 0.29) is 10.2 Å². The van der Waals surface area contributed by atoms with Crippen molar-refractivity contribution in [2.75, 3.05) is 0 Å². The maximum atomic E-state index is 11.0. The maximum absolute atomic E-state index is 11.0. The van der Waals surface area contributed by atoms with Crippen LogP contribution in [0.5, 0.6) is 0 Å². The minimum Gasteiger partial charge on any atom is -0.298 e. The summed E-state index contributed by atoms with van der Waals surface area (Å²) in [6.45, 7) is 6.09. The molecular weight excluding hydrogens is 180 g/mol. The monoisotopic (exact) mass is 190 g/mol. The number of carbonyl (C=O) groups excluding carboxylic acids is 1. The SMILES string of the molecule is CC1C(Br)C(=O)C1(C)C. The third-order valence-electron chi connectivity index (χ3n) is 2.46. The van der Waals surface area contributed by atoms with E-state index in [2.05, 4.69) is 22.9 Å². The molecule has 0 saturated heterocycles. The number of alkyl halides is 1. The van der Waals surface area contributed by atoms with E-state index < -0.39 is 0 Å². The van der Waals surface area contributed by atoms with Crippen molar-refractivity contribution < 1.29 is 4.79 Å². The van der Waals surface area contributed by atoms with E-state index in [0.29, 0.717) is 11.7 Å². The normalized spacial score (nSPS) is 40.2. The van der Waals surface area contributed by atoms with Crippen LogP contribution in [0.1, 0.15) is 20.8 Å². The third kappa shape index (κ3) is 0.759. The molecule has 0 N–H and O–H groups in total. The summed E-state index contributed by atoms with van der Waals surface area (Å²) >= 11 is 3.32. The Hall–Kier alpha value is 0.150. The second-order valence-electron chi connectivity index (χ2n) is 3.28. The first-order valence-corrected chi connectivity index (χ1v) is 4.08. The smallest absolute Gasteiger partial charge is 0.152 e. The maximum Gasteiger partial charge on any atom is 0.152 e. The van der Waals surface area contributed by atoms with Gasteiger partial charge >= 0.3 is 0 Å². The number of halogens is 1. The third-order valence-corrected chi connectivity index (χ3v) is 3.67. The molecule has 1 fully saturated rings. The number of ketones is 1. The van der Waals surface area contributed by atoms with Gasteiger partial charge in [0.1, 0.15) is 0 Å². The molecule has 0 spiro atoms. The highest BCUT2D eigenvalue weighted by molar-refractivity contribution is 9.10. The van der Waals surface area contributed by atoms with Crippen molar-refractivity contribution in [3.63, 3.8) is 0 Å². The molecule has 2 atom stereocenters. The van der Waals surface area contributed by atoms with Crippen molar-refractivity contribution in [2.45, 2.75) is 25.6 Å². The van der Waals surface area contributed by atoms with Gasteiger partial charge in [0, 0.05) is 5.41 Å². The van der Waals surface area contributed by atoms with Crippen molar-refractivity contribution in [3.05, 3.63) is 0 Å². The molecule has 0 aromatic carbocycles. The Balaban J connectivity index is 2.73. The minimum absolute atomic E-state index is 0.0752. The van der Waals surface area contributed by atoms with Crippen molar-refractivity contribution in [2.24, 2.45) is 11.3 Å². The first-order chi connectivity index (χ1) is 3.98. The molecule has 1 nitrogen and oxygen atoms in total. The zero-order valence-corrected chi connectivity index (χ0v) is 7.53. The largest absolute Gasteiger partial charge is 0.298 e. The van der Waals surface area contributed by atoms with Gasteiger partial charge in [-0.05, 0) is 5.92 Å². The van der Waals surface area contributed by atoms with E-state index >= 15 is 0 Å². The van der Waals surface area contributed by atoms with Gasteiger partial charge in [0.05, 0.1) is 4.83 Å².